The van der Waals surface area contributed by atoms with Gasteiger partial charge in [0.2, 0.25) is 5.91 Å². The van der Waals surface area contributed by atoms with Crippen LogP contribution < -0.4 is 5.32 Å². The number of thiazole rings is 1. The molecule has 1 atom stereocenters. The fraction of sp³-hybridized carbons (Fsp3) is 0.562. The van der Waals surface area contributed by atoms with Crippen LogP contribution in [0.2, 0.25) is 0 Å². The van der Waals surface area contributed by atoms with E-state index < -0.39 is 0 Å². The maximum absolute atomic E-state index is 12.4. The summed E-state index contributed by atoms with van der Waals surface area (Å²) in [5.41, 5.74) is 2.19. The van der Waals surface area contributed by atoms with E-state index in [0.29, 0.717) is 11.0 Å². The number of aryl methyl sites for hydroxylation is 2. The zero-order valence-corrected chi connectivity index (χ0v) is 14.6. The highest BCUT2D eigenvalue weighted by Gasteiger charge is 2.28. The summed E-state index contributed by atoms with van der Waals surface area (Å²) in [6, 6.07) is 1.91. The first-order chi connectivity index (χ1) is 11.0. The Bertz CT molecular complexity index is 639. The number of nitrogens with zero attached hydrogens (tertiary/aromatic N) is 3. The first-order valence-corrected chi connectivity index (χ1v) is 8.84. The van der Waals surface area contributed by atoms with Gasteiger partial charge in [0.15, 0.2) is 5.13 Å². The highest BCUT2D eigenvalue weighted by atomic mass is 32.1. The number of likely N-dealkylation sites (tertiary alicyclic amines) is 1. The predicted octanol–water partition coefficient (Wildman–Crippen LogP) is 2.69. The normalized spacial score (nSPS) is 18.0. The van der Waals surface area contributed by atoms with Crippen molar-refractivity contribution in [1.29, 1.82) is 0 Å². The third-order valence-electron chi connectivity index (χ3n) is 4.68. The minimum absolute atomic E-state index is 0.0266. The van der Waals surface area contributed by atoms with Crippen LogP contribution >= 0.6 is 11.3 Å². The Morgan fingerprint density at radius 1 is 1.43 bits per heavy atom. The number of aromatic amines is 1. The molecule has 1 amide bonds. The average molecular weight is 333 g/mol. The van der Waals surface area contributed by atoms with E-state index in [9.17, 15) is 4.79 Å². The molecule has 3 rings (SSSR count). The molecular formula is C16H23N5OS. The second kappa shape index (κ2) is 6.80. The van der Waals surface area contributed by atoms with Gasteiger partial charge in [0.05, 0.1) is 11.7 Å². The number of H-pyrrole nitrogens is 1. The van der Waals surface area contributed by atoms with Crippen molar-refractivity contribution in [2.75, 3.05) is 18.4 Å². The van der Waals surface area contributed by atoms with Crippen molar-refractivity contribution < 1.29 is 4.79 Å². The Morgan fingerprint density at radius 3 is 2.74 bits per heavy atom. The summed E-state index contributed by atoms with van der Waals surface area (Å²) in [6.07, 6.45) is 3.90. The molecule has 2 aromatic heterocycles. The van der Waals surface area contributed by atoms with Gasteiger partial charge in [-0.05, 0) is 52.8 Å². The predicted molar refractivity (Wildman–Crippen MR) is 91.8 cm³/mol. The summed E-state index contributed by atoms with van der Waals surface area (Å²) in [7, 11) is 0. The molecule has 0 aliphatic carbocycles. The highest BCUT2D eigenvalue weighted by molar-refractivity contribution is 7.15. The summed E-state index contributed by atoms with van der Waals surface area (Å²) in [5.74, 6) is 0.548. The van der Waals surface area contributed by atoms with Crippen molar-refractivity contribution >= 4 is 22.4 Å². The molecule has 0 bridgehead atoms. The van der Waals surface area contributed by atoms with E-state index in [1.165, 1.54) is 17.0 Å². The van der Waals surface area contributed by atoms with Crippen LogP contribution in [0.4, 0.5) is 5.13 Å². The monoisotopic (exact) mass is 333 g/mol. The lowest BCUT2D eigenvalue weighted by atomic mass is 9.93. The van der Waals surface area contributed by atoms with Crippen LogP contribution in [-0.4, -0.2) is 45.1 Å². The summed E-state index contributed by atoms with van der Waals surface area (Å²) in [6.45, 7) is 7.80. The molecular weight excluding hydrogens is 310 g/mol. The van der Waals surface area contributed by atoms with Crippen LogP contribution in [0.15, 0.2) is 12.3 Å². The van der Waals surface area contributed by atoms with Gasteiger partial charge in [-0.15, -0.1) is 11.3 Å². The quantitative estimate of drug-likeness (QED) is 0.902. The molecule has 6 nitrogen and oxygen atoms in total. The molecule has 3 heterocycles. The van der Waals surface area contributed by atoms with Crippen LogP contribution in [0.5, 0.6) is 0 Å². The average Bonchev–Trinajstić information content (AvgIpc) is 3.17. The maximum Gasteiger partial charge on any atom is 0.243 e. The summed E-state index contributed by atoms with van der Waals surface area (Å²) in [4.78, 5) is 20.2. The number of aromatic nitrogens is 3. The van der Waals surface area contributed by atoms with Gasteiger partial charge in [-0.2, -0.15) is 5.10 Å². The van der Waals surface area contributed by atoms with E-state index in [1.54, 1.807) is 6.20 Å². The number of rotatable bonds is 4. The van der Waals surface area contributed by atoms with Crippen LogP contribution in [0.1, 0.15) is 41.9 Å². The van der Waals surface area contributed by atoms with Crippen molar-refractivity contribution in [3.8, 4) is 0 Å². The summed E-state index contributed by atoms with van der Waals surface area (Å²) in [5, 5.41) is 10.7. The van der Waals surface area contributed by atoms with Crippen LogP contribution in [0.3, 0.4) is 0 Å². The molecule has 1 aliphatic heterocycles. The Kier molecular flexibility index (Phi) is 4.77. The fourth-order valence-corrected chi connectivity index (χ4v) is 3.81. The van der Waals surface area contributed by atoms with Crippen molar-refractivity contribution in [1.82, 2.24) is 20.1 Å². The minimum atomic E-state index is -0.137. The standard InChI is InChI=1S/C16H23N5OS/c1-10-12(3)23-16(18-10)19-15(22)11(2)21-8-5-13(6-9-21)14-4-7-17-20-14/h4,7,11,13H,5-6,8-9H2,1-3H3,(H,17,20)(H,18,19,22)/t11-/m1/s1. The van der Waals surface area contributed by atoms with Gasteiger partial charge in [-0.25, -0.2) is 4.98 Å². The molecule has 0 radical (unpaired) electrons. The molecule has 0 aromatic carbocycles. The largest absolute Gasteiger partial charge is 0.301 e. The molecule has 2 N–H and O–H groups in total. The van der Waals surface area contributed by atoms with Crippen molar-refractivity contribution in [3.63, 3.8) is 0 Å². The molecule has 1 fully saturated rings. The van der Waals surface area contributed by atoms with Gasteiger partial charge in [-0.1, -0.05) is 0 Å². The number of piperidine rings is 1. The van der Waals surface area contributed by atoms with Crippen LogP contribution in [0, 0.1) is 13.8 Å². The van der Waals surface area contributed by atoms with E-state index in [-0.39, 0.29) is 11.9 Å². The minimum Gasteiger partial charge on any atom is -0.301 e. The van der Waals surface area contributed by atoms with Crippen LogP contribution in [-0.2, 0) is 4.79 Å². The second-order valence-corrected chi connectivity index (χ2v) is 7.35. The molecule has 2 aromatic rings. The first-order valence-electron chi connectivity index (χ1n) is 8.03. The SMILES string of the molecule is Cc1nc(NC(=O)[C@@H](C)N2CCC(c3ccn[nH]3)CC2)sc1C. The van der Waals surface area contributed by atoms with E-state index in [1.807, 2.05) is 26.8 Å². The van der Waals surface area contributed by atoms with E-state index in [4.69, 9.17) is 0 Å². The third kappa shape index (κ3) is 3.61. The smallest absolute Gasteiger partial charge is 0.243 e. The zero-order valence-electron chi connectivity index (χ0n) is 13.8. The van der Waals surface area contributed by atoms with Gasteiger partial charge >= 0.3 is 0 Å². The van der Waals surface area contributed by atoms with Crippen molar-refractivity contribution in [2.45, 2.75) is 45.6 Å². The Balaban J connectivity index is 1.54. The molecule has 0 unspecified atom stereocenters. The zero-order chi connectivity index (χ0) is 16.4. The lowest BCUT2D eigenvalue weighted by molar-refractivity contribution is -0.121. The van der Waals surface area contributed by atoms with E-state index in [2.05, 4.69) is 25.4 Å². The van der Waals surface area contributed by atoms with E-state index >= 15 is 0 Å². The molecule has 7 heteroatoms. The van der Waals surface area contributed by atoms with Crippen LogP contribution in [0.25, 0.3) is 0 Å². The maximum atomic E-state index is 12.4. The van der Waals surface area contributed by atoms with Gasteiger partial charge in [0.1, 0.15) is 0 Å². The molecule has 0 spiro atoms. The van der Waals surface area contributed by atoms with Crippen molar-refractivity contribution in [3.05, 3.63) is 28.5 Å². The number of amides is 1. The Hall–Kier alpha value is -1.73. The first kappa shape index (κ1) is 16.1. The van der Waals surface area contributed by atoms with Gasteiger partial charge in [0, 0.05) is 22.7 Å². The fourth-order valence-electron chi connectivity index (χ4n) is 2.99. The number of carbonyl (C=O) groups excluding carboxylic acids is 1. The number of hydrogen-bond donors (Lipinski definition) is 2. The lowest BCUT2D eigenvalue weighted by Gasteiger charge is -2.34. The number of hydrogen-bond acceptors (Lipinski definition) is 5. The van der Waals surface area contributed by atoms with E-state index in [0.717, 1.165) is 36.5 Å². The second-order valence-electron chi connectivity index (χ2n) is 6.15. The van der Waals surface area contributed by atoms with Gasteiger partial charge < -0.3 is 5.32 Å². The Labute approximate surface area is 140 Å². The summed E-state index contributed by atoms with van der Waals surface area (Å²) >= 11 is 1.53. The van der Waals surface area contributed by atoms with Crippen molar-refractivity contribution in [2.24, 2.45) is 0 Å². The molecule has 124 valence electrons. The number of nitrogens with one attached hydrogen (secondary N) is 2. The number of carbonyl (C=O) groups is 1. The van der Waals surface area contributed by atoms with Gasteiger partial charge in [0.25, 0.3) is 0 Å². The lowest BCUT2D eigenvalue weighted by Crippen LogP contribution is -2.45. The van der Waals surface area contributed by atoms with Gasteiger partial charge in [-0.3, -0.25) is 14.8 Å². The number of anilines is 1. The summed E-state index contributed by atoms with van der Waals surface area (Å²) < 4.78 is 0. The third-order valence-corrected chi connectivity index (χ3v) is 5.67. The molecule has 1 saturated heterocycles. The highest BCUT2D eigenvalue weighted by Crippen LogP contribution is 2.27. The molecule has 1 aliphatic rings. The molecule has 0 saturated carbocycles. The topological polar surface area (TPSA) is 73.9 Å². The molecule has 23 heavy (non-hydrogen) atoms. The Morgan fingerprint density at radius 2 is 2.17 bits per heavy atom.